The fourth-order valence-electron chi connectivity index (χ4n) is 2.39. The monoisotopic (exact) mass is 401 g/mol. The predicted molar refractivity (Wildman–Crippen MR) is 102 cm³/mol. The van der Waals surface area contributed by atoms with Gasteiger partial charge < -0.3 is 10.1 Å². The second-order valence-electron chi connectivity index (χ2n) is 5.69. The average Bonchev–Trinajstić information content (AvgIpc) is 2.71. The van der Waals surface area contributed by atoms with Crippen LogP contribution < -0.4 is 10.1 Å². The lowest BCUT2D eigenvalue weighted by molar-refractivity contribution is 0.0947. The molecule has 0 radical (unpaired) electrons. The van der Waals surface area contributed by atoms with Crippen molar-refractivity contribution in [2.75, 3.05) is 0 Å². The number of amides is 1. The molecule has 0 atom stereocenters. The number of alkyl halides is 2. The predicted octanol–water partition coefficient (Wildman–Crippen LogP) is 4.30. The quantitative estimate of drug-likeness (QED) is 0.570. The smallest absolute Gasteiger partial charge is 0.290 e. The Kier molecular flexibility index (Phi) is 6.91. The van der Waals surface area contributed by atoms with Crippen molar-refractivity contribution in [3.63, 3.8) is 0 Å². The number of rotatable bonds is 8. The Morgan fingerprint density at radius 1 is 1.04 bits per heavy atom. The number of nitrogens with zero attached hydrogens (tertiary/aromatic N) is 2. The summed E-state index contributed by atoms with van der Waals surface area (Å²) in [6.07, 6.45) is 2.96. The number of aromatic nitrogens is 2. The van der Waals surface area contributed by atoms with Crippen molar-refractivity contribution in [3.05, 3.63) is 83.7 Å². The van der Waals surface area contributed by atoms with E-state index in [1.165, 1.54) is 18.3 Å². The van der Waals surface area contributed by atoms with Crippen molar-refractivity contribution in [3.8, 4) is 5.88 Å². The standard InChI is InChI=1S/C20H17F2N3O2S/c21-20(22)28-19-16(7-4-9-24-19)18(26)25-12-15-8-10-23-17(11-15)27-13-14-5-2-1-3-6-14/h1-11,20H,12-13H2,(H,25,26). The molecular formula is C20H17F2N3O2S. The van der Waals surface area contributed by atoms with Gasteiger partial charge in [0.15, 0.2) is 0 Å². The number of benzene rings is 1. The Hall–Kier alpha value is -3.00. The van der Waals surface area contributed by atoms with E-state index >= 15 is 0 Å². The Bertz CT molecular complexity index is 926. The largest absolute Gasteiger partial charge is 0.473 e. The molecule has 144 valence electrons. The SMILES string of the molecule is O=C(NCc1ccnc(OCc2ccccc2)c1)c1cccnc1SC(F)F. The van der Waals surface area contributed by atoms with Crippen LogP contribution in [0.15, 0.2) is 72.0 Å². The van der Waals surface area contributed by atoms with Crippen molar-refractivity contribution in [2.45, 2.75) is 23.9 Å². The molecule has 3 rings (SSSR count). The lowest BCUT2D eigenvalue weighted by Gasteiger charge is -2.10. The van der Waals surface area contributed by atoms with Gasteiger partial charge in [-0.05, 0) is 41.1 Å². The molecule has 3 aromatic rings. The molecule has 0 fully saturated rings. The van der Waals surface area contributed by atoms with E-state index in [0.29, 0.717) is 12.5 Å². The number of pyridine rings is 2. The molecule has 0 aliphatic carbocycles. The van der Waals surface area contributed by atoms with E-state index in [2.05, 4.69) is 15.3 Å². The van der Waals surface area contributed by atoms with Gasteiger partial charge in [0.2, 0.25) is 5.88 Å². The summed E-state index contributed by atoms with van der Waals surface area (Å²) in [5.74, 6) is -2.68. The highest BCUT2D eigenvalue weighted by molar-refractivity contribution is 7.99. The van der Waals surface area contributed by atoms with E-state index in [-0.39, 0.29) is 28.9 Å². The molecule has 0 aliphatic heterocycles. The number of carbonyl (C=O) groups excluding carboxylic acids is 1. The first-order valence-corrected chi connectivity index (χ1v) is 9.29. The molecular weight excluding hydrogens is 384 g/mol. The zero-order chi connectivity index (χ0) is 19.8. The third kappa shape index (κ3) is 5.75. The molecule has 28 heavy (non-hydrogen) atoms. The number of nitrogens with one attached hydrogen (secondary N) is 1. The summed E-state index contributed by atoms with van der Waals surface area (Å²) in [6, 6.07) is 16.2. The molecule has 2 heterocycles. The second-order valence-corrected chi connectivity index (χ2v) is 6.67. The molecule has 2 aromatic heterocycles. The number of thioether (sulfide) groups is 1. The van der Waals surface area contributed by atoms with Gasteiger partial charge in [0, 0.05) is 25.0 Å². The zero-order valence-electron chi connectivity index (χ0n) is 14.7. The summed E-state index contributed by atoms with van der Waals surface area (Å²) < 4.78 is 30.9. The van der Waals surface area contributed by atoms with Crippen molar-refractivity contribution >= 4 is 17.7 Å². The van der Waals surface area contributed by atoms with Crippen molar-refractivity contribution in [1.29, 1.82) is 0 Å². The highest BCUT2D eigenvalue weighted by Gasteiger charge is 2.16. The molecule has 0 unspecified atom stereocenters. The number of hydrogen-bond donors (Lipinski definition) is 1. The molecule has 0 saturated carbocycles. The summed E-state index contributed by atoms with van der Waals surface area (Å²) in [7, 11) is 0. The Morgan fingerprint density at radius 2 is 1.86 bits per heavy atom. The normalized spacial score (nSPS) is 10.7. The molecule has 1 aromatic carbocycles. The van der Waals surface area contributed by atoms with Crippen LogP contribution >= 0.6 is 11.8 Å². The first-order chi connectivity index (χ1) is 13.6. The number of carbonyl (C=O) groups is 1. The topological polar surface area (TPSA) is 64.1 Å². The fourth-order valence-corrected chi connectivity index (χ4v) is 2.97. The molecule has 0 saturated heterocycles. The summed E-state index contributed by atoms with van der Waals surface area (Å²) >= 11 is 0.247. The van der Waals surface area contributed by atoms with Gasteiger partial charge in [-0.2, -0.15) is 8.78 Å². The van der Waals surface area contributed by atoms with E-state index < -0.39 is 11.7 Å². The van der Waals surface area contributed by atoms with E-state index in [0.717, 1.165) is 11.1 Å². The highest BCUT2D eigenvalue weighted by Crippen LogP contribution is 2.26. The fraction of sp³-hybridized carbons (Fsp3) is 0.150. The average molecular weight is 401 g/mol. The summed E-state index contributed by atoms with van der Waals surface area (Å²) in [6.45, 7) is 0.588. The molecule has 1 amide bonds. The lowest BCUT2D eigenvalue weighted by atomic mass is 10.2. The van der Waals surface area contributed by atoms with Crippen LogP contribution in [0, 0.1) is 0 Å². The van der Waals surface area contributed by atoms with Gasteiger partial charge in [0.1, 0.15) is 11.6 Å². The van der Waals surface area contributed by atoms with Gasteiger partial charge in [-0.25, -0.2) is 9.97 Å². The maximum absolute atomic E-state index is 12.6. The van der Waals surface area contributed by atoms with Crippen molar-refractivity contribution < 1.29 is 18.3 Å². The molecule has 1 N–H and O–H groups in total. The molecule has 0 aliphatic rings. The van der Waals surface area contributed by atoms with Gasteiger partial charge in [-0.1, -0.05) is 30.3 Å². The lowest BCUT2D eigenvalue weighted by Crippen LogP contribution is -2.23. The van der Waals surface area contributed by atoms with Crippen LogP contribution in [0.2, 0.25) is 0 Å². The molecule has 5 nitrogen and oxygen atoms in total. The first kappa shape index (κ1) is 19.8. The Labute approximate surface area is 165 Å². The second kappa shape index (κ2) is 9.80. The van der Waals surface area contributed by atoms with Crippen LogP contribution in [-0.4, -0.2) is 21.6 Å². The van der Waals surface area contributed by atoms with E-state index in [1.54, 1.807) is 18.3 Å². The Morgan fingerprint density at radius 3 is 2.64 bits per heavy atom. The van der Waals surface area contributed by atoms with E-state index in [4.69, 9.17) is 4.74 Å². The minimum absolute atomic E-state index is 0.00314. The Balaban J connectivity index is 1.60. The minimum atomic E-state index is -2.65. The maximum atomic E-state index is 12.6. The van der Waals surface area contributed by atoms with Crippen molar-refractivity contribution in [2.24, 2.45) is 0 Å². The van der Waals surface area contributed by atoms with Gasteiger partial charge in [-0.15, -0.1) is 0 Å². The third-order valence-electron chi connectivity index (χ3n) is 3.70. The molecule has 0 bridgehead atoms. The maximum Gasteiger partial charge on any atom is 0.290 e. The van der Waals surface area contributed by atoms with Gasteiger partial charge in [-0.3, -0.25) is 4.79 Å². The van der Waals surface area contributed by atoms with Crippen LogP contribution in [0.1, 0.15) is 21.5 Å². The minimum Gasteiger partial charge on any atom is -0.473 e. The first-order valence-electron chi connectivity index (χ1n) is 8.41. The number of ether oxygens (including phenoxy) is 1. The summed E-state index contributed by atoms with van der Waals surface area (Å²) in [5.41, 5.74) is 1.91. The van der Waals surface area contributed by atoms with Crippen LogP contribution in [0.3, 0.4) is 0 Å². The van der Waals surface area contributed by atoms with E-state index in [1.807, 2.05) is 30.3 Å². The van der Waals surface area contributed by atoms with Crippen LogP contribution in [0.25, 0.3) is 0 Å². The molecule has 8 heteroatoms. The zero-order valence-corrected chi connectivity index (χ0v) is 15.5. The summed E-state index contributed by atoms with van der Waals surface area (Å²) in [5, 5.41) is 2.71. The third-order valence-corrected chi connectivity index (χ3v) is 4.43. The van der Waals surface area contributed by atoms with Crippen LogP contribution in [-0.2, 0) is 13.2 Å². The van der Waals surface area contributed by atoms with Crippen LogP contribution in [0.4, 0.5) is 8.78 Å². The van der Waals surface area contributed by atoms with Gasteiger partial charge in [0.25, 0.3) is 11.7 Å². The van der Waals surface area contributed by atoms with E-state index in [9.17, 15) is 13.6 Å². The van der Waals surface area contributed by atoms with Crippen molar-refractivity contribution in [1.82, 2.24) is 15.3 Å². The molecule has 0 spiro atoms. The number of halogens is 2. The highest BCUT2D eigenvalue weighted by atomic mass is 32.2. The van der Waals surface area contributed by atoms with Gasteiger partial charge >= 0.3 is 0 Å². The van der Waals surface area contributed by atoms with Crippen LogP contribution in [0.5, 0.6) is 5.88 Å². The number of hydrogen-bond acceptors (Lipinski definition) is 5. The van der Waals surface area contributed by atoms with Gasteiger partial charge in [0.05, 0.1) is 5.56 Å². The summed E-state index contributed by atoms with van der Waals surface area (Å²) in [4.78, 5) is 20.4.